The van der Waals surface area contributed by atoms with Crippen molar-refractivity contribution in [3.63, 3.8) is 0 Å². The lowest BCUT2D eigenvalue weighted by Gasteiger charge is -2.23. The summed E-state index contributed by atoms with van der Waals surface area (Å²) in [6.45, 7) is 1.07. The molecule has 8 heteroatoms. The predicted molar refractivity (Wildman–Crippen MR) is 77.0 cm³/mol. The van der Waals surface area contributed by atoms with E-state index in [1.54, 1.807) is 4.90 Å². The Morgan fingerprint density at radius 1 is 1.45 bits per heavy atom. The molecule has 1 saturated heterocycles. The first-order valence-corrected chi connectivity index (χ1v) is 6.30. The first-order chi connectivity index (χ1) is 9.04. The van der Waals surface area contributed by atoms with Crippen molar-refractivity contribution in [2.75, 3.05) is 13.1 Å². The highest BCUT2D eigenvalue weighted by Gasteiger charge is 2.27. The number of amides is 1. The molecule has 1 aromatic heterocycles. The molecule has 2 heterocycles. The van der Waals surface area contributed by atoms with Gasteiger partial charge >= 0.3 is 5.69 Å². The van der Waals surface area contributed by atoms with Crippen LogP contribution in [0.1, 0.15) is 12.8 Å². The fourth-order valence-corrected chi connectivity index (χ4v) is 2.38. The van der Waals surface area contributed by atoms with Gasteiger partial charge in [-0.1, -0.05) is 0 Å². The lowest BCUT2D eigenvalue weighted by atomic mass is 10.2. The molecule has 0 aliphatic carbocycles. The minimum absolute atomic E-state index is 0. The van der Waals surface area contributed by atoms with Crippen molar-refractivity contribution in [3.8, 4) is 0 Å². The van der Waals surface area contributed by atoms with Crippen LogP contribution in [0.3, 0.4) is 0 Å². The molecule has 1 unspecified atom stereocenters. The smallest absolute Gasteiger partial charge is 0.331 e. The second kappa shape index (κ2) is 6.71. The fourth-order valence-electron chi connectivity index (χ4n) is 2.38. The summed E-state index contributed by atoms with van der Waals surface area (Å²) in [6, 6.07) is 1.34. The van der Waals surface area contributed by atoms with Gasteiger partial charge in [-0.3, -0.25) is 18.7 Å². The van der Waals surface area contributed by atoms with Crippen LogP contribution in [0.25, 0.3) is 0 Å². The summed E-state index contributed by atoms with van der Waals surface area (Å²) in [5.74, 6) is -0.131. The normalized spacial score (nSPS) is 17.9. The van der Waals surface area contributed by atoms with E-state index in [2.05, 4.69) is 0 Å². The average molecular weight is 303 g/mol. The number of halogens is 1. The quantitative estimate of drug-likeness (QED) is 0.769. The predicted octanol–water partition coefficient (Wildman–Crippen LogP) is -1.08. The van der Waals surface area contributed by atoms with Crippen molar-refractivity contribution in [1.82, 2.24) is 14.0 Å². The second-order valence-electron chi connectivity index (χ2n) is 4.74. The molecule has 1 fully saturated rings. The Hall–Kier alpha value is -1.60. The van der Waals surface area contributed by atoms with E-state index in [9.17, 15) is 14.4 Å². The maximum absolute atomic E-state index is 12.2. The monoisotopic (exact) mass is 302 g/mol. The van der Waals surface area contributed by atoms with Gasteiger partial charge in [0.2, 0.25) is 5.91 Å². The molecule has 7 nitrogen and oxygen atoms in total. The van der Waals surface area contributed by atoms with Crippen LogP contribution in [0.4, 0.5) is 0 Å². The van der Waals surface area contributed by atoms with Gasteiger partial charge in [-0.05, 0) is 12.8 Å². The van der Waals surface area contributed by atoms with Gasteiger partial charge in [-0.25, -0.2) is 4.79 Å². The van der Waals surface area contributed by atoms with Gasteiger partial charge in [-0.15, -0.1) is 12.4 Å². The third-order valence-electron chi connectivity index (χ3n) is 3.54. The van der Waals surface area contributed by atoms with E-state index in [1.165, 1.54) is 23.9 Å². The van der Waals surface area contributed by atoms with Gasteiger partial charge in [0.05, 0.1) is 0 Å². The standard InChI is InChI=1S/C12H18N4O3.ClH/c1-14-10(17)4-6-15(12(14)19)8-11(18)16-5-2-3-9(16)7-13;/h4,6,9H,2-3,5,7-8,13H2,1H3;1H. The lowest BCUT2D eigenvalue weighted by molar-refractivity contribution is -0.132. The topological polar surface area (TPSA) is 90.3 Å². The Kier molecular flexibility index (Phi) is 5.52. The Morgan fingerprint density at radius 2 is 2.15 bits per heavy atom. The summed E-state index contributed by atoms with van der Waals surface area (Å²) in [5.41, 5.74) is 4.76. The van der Waals surface area contributed by atoms with Gasteiger partial charge in [-0.2, -0.15) is 0 Å². The molecule has 112 valence electrons. The molecule has 2 N–H and O–H groups in total. The number of carbonyl (C=O) groups is 1. The molecule has 2 rings (SSSR count). The summed E-state index contributed by atoms with van der Waals surface area (Å²) < 4.78 is 2.23. The molecule has 0 saturated carbocycles. The molecule has 1 aliphatic rings. The van der Waals surface area contributed by atoms with Crippen LogP contribution in [0.2, 0.25) is 0 Å². The van der Waals surface area contributed by atoms with Crippen LogP contribution in [-0.2, 0) is 18.4 Å². The molecule has 0 bridgehead atoms. The first kappa shape index (κ1) is 16.5. The summed E-state index contributed by atoms with van der Waals surface area (Å²) >= 11 is 0. The highest BCUT2D eigenvalue weighted by molar-refractivity contribution is 5.85. The van der Waals surface area contributed by atoms with E-state index in [1.807, 2.05) is 0 Å². The van der Waals surface area contributed by atoms with Gasteiger partial charge < -0.3 is 10.6 Å². The number of carbonyl (C=O) groups excluding carboxylic acids is 1. The van der Waals surface area contributed by atoms with Crippen molar-refractivity contribution in [1.29, 1.82) is 0 Å². The van der Waals surface area contributed by atoms with E-state index in [0.717, 1.165) is 17.4 Å². The van der Waals surface area contributed by atoms with Gasteiger partial charge in [0, 0.05) is 38.4 Å². The number of nitrogens with zero attached hydrogens (tertiary/aromatic N) is 3. The van der Waals surface area contributed by atoms with Crippen molar-refractivity contribution >= 4 is 18.3 Å². The average Bonchev–Trinajstić information content (AvgIpc) is 2.88. The summed E-state index contributed by atoms with van der Waals surface area (Å²) in [6.07, 6.45) is 3.20. The van der Waals surface area contributed by atoms with Crippen LogP contribution < -0.4 is 17.0 Å². The molecule has 0 aromatic carbocycles. The minimum atomic E-state index is -0.482. The van der Waals surface area contributed by atoms with E-state index in [0.29, 0.717) is 13.1 Å². The number of hydrogen-bond acceptors (Lipinski definition) is 4. The molecule has 1 aliphatic heterocycles. The highest BCUT2D eigenvalue weighted by Crippen LogP contribution is 2.16. The zero-order chi connectivity index (χ0) is 14.0. The SMILES string of the molecule is Cl.Cn1c(=O)ccn(CC(=O)N2CCCC2CN)c1=O. The molecular formula is C12H19ClN4O3. The zero-order valence-corrected chi connectivity index (χ0v) is 12.1. The molecule has 0 spiro atoms. The molecular weight excluding hydrogens is 284 g/mol. The summed E-state index contributed by atoms with van der Waals surface area (Å²) in [5, 5.41) is 0. The number of likely N-dealkylation sites (tertiary alicyclic amines) is 1. The maximum Gasteiger partial charge on any atom is 0.331 e. The highest BCUT2D eigenvalue weighted by atomic mass is 35.5. The van der Waals surface area contributed by atoms with E-state index >= 15 is 0 Å². The molecule has 1 amide bonds. The summed E-state index contributed by atoms with van der Waals surface area (Å²) in [7, 11) is 1.39. The second-order valence-corrected chi connectivity index (χ2v) is 4.74. The Balaban J connectivity index is 0.00000200. The zero-order valence-electron chi connectivity index (χ0n) is 11.3. The lowest BCUT2D eigenvalue weighted by Crippen LogP contribution is -2.44. The van der Waals surface area contributed by atoms with Gasteiger partial charge in [0.15, 0.2) is 0 Å². The molecule has 0 radical (unpaired) electrons. The van der Waals surface area contributed by atoms with E-state index < -0.39 is 5.69 Å². The van der Waals surface area contributed by atoms with Gasteiger partial charge in [0.25, 0.3) is 5.56 Å². The van der Waals surface area contributed by atoms with E-state index in [4.69, 9.17) is 5.73 Å². The minimum Gasteiger partial charge on any atom is -0.337 e. The van der Waals surface area contributed by atoms with Crippen molar-refractivity contribution in [2.24, 2.45) is 12.8 Å². The summed E-state index contributed by atoms with van der Waals surface area (Å²) in [4.78, 5) is 37.0. The third kappa shape index (κ3) is 3.10. The van der Waals surface area contributed by atoms with Crippen molar-refractivity contribution in [3.05, 3.63) is 33.1 Å². The number of aromatic nitrogens is 2. The fraction of sp³-hybridized carbons (Fsp3) is 0.583. The Bertz CT molecular complexity index is 595. The van der Waals surface area contributed by atoms with Crippen molar-refractivity contribution in [2.45, 2.75) is 25.4 Å². The Labute approximate surface area is 122 Å². The number of hydrogen-bond donors (Lipinski definition) is 1. The van der Waals surface area contributed by atoms with Gasteiger partial charge in [0.1, 0.15) is 6.54 Å². The van der Waals surface area contributed by atoms with Crippen LogP contribution in [0, 0.1) is 0 Å². The number of rotatable bonds is 3. The van der Waals surface area contributed by atoms with Crippen LogP contribution in [-0.4, -0.2) is 39.1 Å². The van der Waals surface area contributed by atoms with Crippen LogP contribution >= 0.6 is 12.4 Å². The van der Waals surface area contributed by atoms with E-state index in [-0.39, 0.29) is 36.5 Å². The third-order valence-corrected chi connectivity index (χ3v) is 3.54. The number of nitrogens with two attached hydrogens (primary N) is 1. The first-order valence-electron chi connectivity index (χ1n) is 6.30. The molecule has 1 atom stereocenters. The maximum atomic E-state index is 12.2. The Morgan fingerprint density at radius 3 is 2.80 bits per heavy atom. The van der Waals surface area contributed by atoms with Crippen LogP contribution in [0.5, 0.6) is 0 Å². The van der Waals surface area contributed by atoms with Crippen molar-refractivity contribution < 1.29 is 4.79 Å². The molecule has 1 aromatic rings. The largest absolute Gasteiger partial charge is 0.337 e. The van der Waals surface area contributed by atoms with Crippen LogP contribution in [0.15, 0.2) is 21.9 Å². The molecule has 20 heavy (non-hydrogen) atoms.